The molecule has 0 spiro atoms. The van der Waals surface area contributed by atoms with Gasteiger partial charge in [-0.1, -0.05) is 30.7 Å². The molecular weight excluding hydrogens is 445 g/mol. The molecule has 0 saturated carbocycles. The molecule has 0 radical (unpaired) electrons. The van der Waals surface area contributed by atoms with Crippen molar-refractivity contribution in [2.75, 3.05) is 16.8 Å². The number of pyridine rings is 1. The summed E-state index contributed by atoms with van der Waals surface area (Å²) in [6, 6.07) is 12.1. The van der Waals surface area contributed by atoms with Gasteiger partial charge in [0.2, 0.25) is 5.95 Å². The first-order chi connectivity index (χ1) is 15.8. The highest BCUT2D eigenvalue weighted by molar-refractivity contribution is 6.35. The topological polar surface area (TPSA) is 116 Å². The molecule has 2 heterocycles. The Morgan fingerprint density at radius 3 is 2.61 bits per heavy atom. The van der Waals surface area contributed by atoms with Crippen molar-refractivity contribution in [1.82, 2.24) is 14.5 Å². The van der Waals surface area contributed by atoms with Gasteiger partial charge in [0, 0.05) is 11.4 Å². The maximum absolute atomic E-state index is 13.6. The smallest absolute Gasteiger partial charge is 0.268 e. The molecule has 8 nitrogen and oxygen atoms in total. The minimum Gasteiger partial charge on any atom is -0.392 e. The highest BCUT2D eigenvalue weighted by Crippen LogP contribution is 2.34. The maximum atomic E-state index is 13.6. The standard InChI is InChI=1S/C23H19ClFN7O/c1-3-16(29-21-19(28-2)20(26)30-23(27)31-21)17-11-12-5-4-6-15(24)18(12)22(33)32(17)14-9-7-13(25)8-10-14/h4-11,16H,3H2,1H3,(H5,26,27,29,30,31)/t16-/m0/s1. The van der Waals surface area contributed by atoms with Crippen LogP contribution in [-0.2, 0) is 0 Å². The van der Waals surface area contributed by atoms with Gasteiger partial charge in [-0.25, -0.2) is 19.2 Å². The Hall–Kier alpha value is -4.16. The first kappa shape index (κ1) is 22.0. The van der Waals surface area contributed by atoms with Gasteiger partial charge in [-0.05, 0) is 48.2 Å². The van der Waals surface area contributed by atoms with Crippen LogP contribution in [0.2, 0.25) is 5.02 Å². The predicted molar refractivity (Wildman–Crippen MR) is 128 cm³/mol. The second kappa shape index (κ2) is 8.76. The highest BCUT2D eigenvalue weighted by atomic mass is 35.5. The van der Waals surface area contributed by atoms with Gasteiger partial charge in [-0.15, -0.1) is 0 Å². The Morgan fingerprint density at radius 1 is 1.21 bits per heavy atom. The largest absolute Gasteiger partial charge is 0.392 e. The molecule has 33 heavy (non-hydrogen) atoms. The summed E-state index contributed by atoms with van der Waals surface area (Å²) in [5.41, 5.74) is 12.3. The lowest BCUT2D eigenvalue weighted by atomic mass is 10.0. The number of hydrogen-bond acceptors (Lipinski definition) is 6. The van der Waals surface area contributed by atoms with Crippen molar-refractivity contribution in [3.63, 3.8) is 0 Å². The molecule has 4 aromatic rings. The van der Waals surface area contributed by atoms with Gasteiger partial charge in [-0.2, -0.15) is 0 Å². The van der Waals surface area contributed by atoms with E-state index in [4.69, 9.17) is 29.6 Å². The van der Waals surface area contributed by atoms with Gasteiger partial charge >= 0.3 is 0 Å². The van der Waals surface area contributed by atoms with Crippen LogP contribution in [0.25, 0.3) is 21.3 Å². The minimum absolute atomic E-state index is 0.0298. The molecular formula is C23H19ClFN7O. The van der Waals surface area contributed by atoms with Gasteiger partial charge in [0.1, 0.15) is 17.5 Å². The molecule has 0 saturated heterocycles. The van der Waals surface area contributed by atoms with Crippen molar-refractivity contribution in [2.24, 2.45) is 0 Å². The van der Waals surface area contributed by atoms with Crippen LogP contribution < -0.4 is 22.3 Å². The average molecular weight is 464 g/mol. The molecule has 2 aromatic heterocycles. The van der Waals surface area contributed by atoms with Crippen molar-refractivity contribution in [3.05, 3.63) is 86.8 Å². The molecule has 0 unspecified atom stereocenters. The monoisotopic (exact) mass is 463 g/mol. The zero-order chi connectivity index (χ0) is 23.7. The normalized spacial score (nSPS) is 11.8. The summed E-state index contributed by atoms with van der Waals surface area (Å²) in [5.74, 6) is -0.397. The lowest BCUT2D eigenvalue weighted by Gasteiger charge is -2.24. The lowest BCUT2D eigenvalue weighted by molar-refractivity contribution is 0.626. The number of rotatable bonds is 5. The highest BCUT2D eigenvalue weighted by Gasteiger charge is 2.22. The van der Waals surface area contributed by atoms with E-state index in [0.29, 0.717) is 33.6 Å². The number of aromatic nitrogens is 3. The number of nitrogens with one attached hydrogen (secondary N) is 1. The fraction of sp³-hybridized carbons (Fsp3) is 0.130. The molecule has 0 aliphatic heterocycles. The Balaban J connectivity index is 1.97. The van der Waals surface area contributed by atoms with Crippen LogP contribution >= 0.6 is 11.6 Å². The van der Waals surface area contributed by atoms with E-state index < -0.39 is 11.9 Å². The summed E-state index contributed by atoms with van der Waals surface area (Å²) in [6.45, 7) is 9.35. The fourth-order valence-corrected chi connectivity index (χ4v) is 3.97. The maximum Gasteiger partial charge on any atom is 0.268 e. The summed E-state index contributed by atoms with van der Waals surface area (Å²) in [5, 5.41) is 4.49. The van der Waals surface area contributed by atoms with Crippen molar-refractivity contribution in [2.45, 2.75) is 19.4 Å². The molecule has 10 heteroatoms. The summed E-state index contributed by atoms with van der Waals surface area (Å²) < 4.78 is 15.1. The summed E-state index contributed by atoms with van der Waals surface area (Å²) in [7, 11) is 0. The van der Waals surface area contributed by atoms with Gasteiger partial charge < -0.3 is 16.8 Å². The van der Waals surface area contributed by atoms with Crippen molar-refractivity contribution in [3.8, 4) is 5.69 Å². The van der Waals surface area contributed by atoms with Crippen LogP contribution in [0, 0.1) is 12.4 Å². The number of benzene rings is 2. The van der Waals surface area contributed by atoms with E-state index in [1.807, 2.05) is 13.0 Å². The predicted octanol–water partition coefficient (Wildman–Crippen LogP) is 4.85. The number of nitrogens with zero attached hydrogens (tertiary/aromatic N) is 4. The van der Waals surface area contributed by atoms with Crippen molar-refractivity contribution in [1.29, 1.82) is 0 Å². The fourth-order valence-electron chi connectivity index (χ4n) is 3.70. The number of anilines is 3. The third-order valence-corrected chi connectivity index (χ3v) is 5.54. The molecule has 1 atom stereocenters. The van der Waals surface area contributed by atoms with Crippen molar-refractivity contribution >= 4 is 45.6 Å². The Morgan fingerprint density at radius 2 is 1.94 bits per heavy atom. The SMILES string of the molecule is [C-]#[N+]c1c(N)nc(N)nc1N[C@@H](CC)c1cc2cccc(Cl)c2c(=O)n1-c1ccc(F)cc1. The first-order valence-corrected chi connectivity index (χ1v) is 10.4. The lowest BCUT2D eigenvalue weighted by Crippen LogP contribution is -2.27. The van der Waals surface area contributed by atoms with Crippen molar-refractivity contribution < 1.29 is 4.39 Å². The molecule has 0 aliphatic carbocycles. The second-order valence-electron chi connectivity index (χ2n) is 7.27. The molecule has 0 bridgehead atoms. The second-order valence-corrected chi connectivity index (χ2v) is 7.68. The van der Waals surface area contributed by atoms with E-state index >= 15 is 0 Å². The van der Waals surface area contributed by atoms with E-state index in [2.05, 4.69) is 20.1 Å². The Kier molecular flexibility index (Phi) is 5.85. The average Bonchev–Trinajstić information content (AvgIpc) is 2.78. The van der Waals surface area contributed by atoms with Gasteiger partial charge in [0.15, 0.2) is 0 Å². The molecule has 0 amide bonds. The number of nitrogen functional groups attached to an aromatic ring is 2. The van der Waals surface area contributed by atoms with Crippen LogP contribution in [0.3, 0.4) is 0 Å². The number of nitrogens with two attached hydrogens (primary N) is 2. The summed E-state index contributed by atoms with van der Waals surface area (Å²) in [4.78, 5) is 25.0. The zero-order valence-electron chi connectivity index (χ0n) is 17.5. The van der Waals surface area contributed by atoms with Gasteiger partial charge in [0.25, 0.3) is 11.2 Å². The van der Waals surface area contributed by atoms with Crippen LogP contribution in [-0.4, -0.2) is 14.5 Å². The van der Waals surface area contributed by atoms with Crippen LogP contribution in [0.5, 0.6) is 0 Å². The summed E-state index contributed by atoms with van der Waals surface area (Å²) in [6.07, 6.45) is 0.508. The Bertz CT molecular complexity index is 1460. The summed E-state index contributed by atoms with van der Waals surface area (Å²) >= 11 is 6.35. The van der Waals surface area contributed by atoms with E-state index in [9.17, 15) is 9.18 Å². The third-order valence-electron chi connectivity index (χ3n) is 5.23. The molecule has 0 aliphatic rings. The molecule has 4 rings (SSSR count). The van der Waals surface area contributed by atoms with Crippen LogP contribution in [0.1, 0.15) is 25.1 Å². The quantitative estimate of drug-likeness (QED) is 0.364. The van der Waals surface area contributed by atoms with Gasteiger partial charge in [-0.3, -0.25) is 9.36 Å². The van der Waals surface area contributed by atoms with E-state index in [1.54, 1.807) is 18.2 Å². The van der Waals surface area contributed by atoms with Crippen LogP contribution in [0.15, 0.2) is 53.3 Å². The van der Waals surface area contributed by atoms with Crippen LogP contribution in [0.4, 0.5) is 27.7 Å². The van der Waals surface area contributed by atoms with Gasteiger partial charge in [0.05, 0.1) is 23.0 Å². The van der Waals surface area contributed by atoms with E-state index in [0.717, 1.165) is 0 Å². The number of hydrogen-bond donors (Lipinski definition) is 3. The Labute approximate surface area is 193 Å². The molecule has 2 aromatic carbocycles. The number of fused-ring (bicyclic) bond motifs is 1. The first-order valence-electron chi connectivity index (χ1n) is 10.0. The molecule has 0 fully saturated rings. The third kappa shape index (κ3) is 4.04. The molecule has 166 valence electrons. The molecule has 5 N–H and O–H groups in total. The van der Waals surface area contributed by atoms with E-state index in [1.165, 1.54) is 28.8 Å². The zero-order valence-corrected chi connectivity index (χ0v) is 18.3. The van der Waals surface area contributed by atoms with E-state index in [-0.39, 0.29) is 28.8 Å². The minimum atomic E-state index is -0.486. The number of halogens is 2.